The molecule has 3 nitrogen and oxygen atoms in total. The number of nitrogens with zero attached hydrogens (tertiary/aromatic N) is 3. The van der Waals surface area contributed by atoms with Crippen LogP contribution >= 0.6 is 31.9 Å². The first-order valence-corrected chi connectivity index (χ1v) is 7.52. The van der Waals surface area contributed by atoms with Crippen LogP contribution in [0.3, 0.4) is 0 Å². The number of pyridine rings is 3. The van der Waals surface area contributed by atoms with Crippen molar-refractivity contribution >= 4 is 31.9 Å². The summed E-state index contributed by atoms with van der Waals surface area (Å²) in [6.07, 6.45) is 3.60. The number of aromatic nitrogens is 3. The fourth-order valence-electron chi connectivity index (χ4n) is 1.81. The fourth-order valence-corrected chi connectivity index (χ4v) is 2.28. The molecule has 3 rings (SSSR count). The molecule has 0 saturated carbocycles. The van der Waals surface area contributed by atoms with Crippen molar-refractivity contribution in [3.8, 4) is 22.5 Å². The molecule has 0 N–H and O–H groups in total. The third kappa shape index (κ3) is 2.94. The van der Waals surface area contributed by atoms with E-state index in [0.717, 1.165) is 31.7 Å². The lowest BCUT2D eigenvalue weighted by Gasteiger charge is -2.05. The first-order valence-electron chi connectivity index (χ1n) is 5.93. The second kappa shape index (κ2) is 5.81. The molecule has 0 bridgehead atoms. The van der Waals surface area contributed by atoms with Crippen LogP contribution in [0.15, 0.2) is 64.1 Å². The summed E-state index contributed by atoms with van der Waals surface area (Å²) in [5, 5.41) is 0. The Hall–Kier alpha value is -1.59. The van der Waals surface area contributed by atoms with Gasteiger partial charge in [0.25, 0.3) is 0 Å². The second-order valence-corrected chi connectivity index (χ2v) is 5.77. The molecule has 0 unspecified atom stereocenters. The Bertz CT molecular complexity index is 664. The molecule has 0 aliphatic carbocycles. The molecule has 0 saturated heterocycles. The summed E-state index contributed by atoms with van der Waals surface area (Å²) in [7, 11) is 0. The van der Waals surface area contributed by atoms with Crippen LogP contribution in [0.4, 0.5) is 0 Å². The van der Waals surface area contributed by atoms with E-state index in [1.54, 1.807) is 12.4 Å². The molecule has 98 valence electrons. The molecular weight excluding hydrogens is 382 g/mol. The van der Waals surface area contributed by atoms with Crippen molar-refractivity contribution in [2.45, 2.75) is 0 Å². The Labute approximate surface area is 133 Å². The highest BCUT2D eigenvalue weighted by molar-refractivity contribution is 9.10. The molecule has 3 aromatic heterocycles. The van der Waals surface area contributed by atoms with Crippen LogP contribution in [-0.4, -0.2) is 15.0 Å². The molecule has 0 atom stereocenters. The van der Waals surface area contributed by atoms with Gasteiger partial charge in [-0.25, -0.2) is 15.0 Å². The van der Waals surface area contributed by atoms with Crippen molar-refractivity contribution in [1.29, 1.82) is 0 Å². The molecular formula is C15H9Br2N3. The summed E-state index contributed by atoms with van der Waals surface area (Å²) in [4.78, 5) is 13.1. The number of halogens is 2. The number of hydrogen-bond acceptors (Lipinski definition) is 3. The summed E-state index contributed by atoms with van der Waals surface area (Å²) in [6, 6.07) is 13.7. The van der Waals surface area contributed by atoms with Crippen LogP contribution in [-0.2, 0) is 0 Å². The van der Waals surface area contributed by atoms with Crippen molar-refractivity contribution < 1.29 is 0 Å². The van der Waals surface area contributed by atoms with Gasteiger partial charge in [0.15, 0.2) is 0 Å². The predicted molar refractivity (Wildman–Crippen MR) is 86.1 cm³/mol. The molecule has 0 amide bonds. The van der Waals surface area contributed by atoms with E-state index in [1.807, 2.05) is 42.5 Å². The standard InChI is InChI=1S/C15H9Br2N3/c16-14-6-4-10(8-18-14)12-2-1-3-13(20-12)11-5-7-15(17)19-9-11/h1-9H. The minimum absolute atomic E-state index is 0.814. The Morgan fingerprint density at radius 1 is 0.650 bits per heavy atom. The van der Waals surface area contributed by atoms with Crippen molar-refractivity contribution in [3.05, 3.63) is 64.1 Å². The quantitative estimate of drug-likeness (QED) is 0.593. The van der Waals surface area contributed by atoms with E-state index in [1.165, 1.54) is 0 Å². The lowest BCUT2D eigenvalue weighted by molar-refractivity contribution is 1.23. The highest BCUT2D eigenvalue weighted by atomic mass is 79.9. The van der Waals surface area contributed by atoms with Gasteiger partial charge in [-0.3, -0.25) is 0 Å². The van der Waals surface area contributed by atoms with Crippen LogP contribution in [0.2, 0.25) is 0 Å². The zero-order chi connectivity index (χ0) is 13.9. The van der Waals surface area contributed by atoms with Gasteiger partial charge in [0, 0.05) is 23.5 Å². The largest absolute Gasteiger partial charge is 0.249 e. The highest BCUT2D eigenvalue weighted by Gasteiger charge is 2.04. The van der Waals surface area contributed by atoms with Gasteiger partial charge in [0.05, 0.1) is 11.4 Å². The Kier molecular flexibility index (Phi) is 3.89. The second-order valence-electron chi connectivity index (χ2n) is 4.15. The number of hydrogen-bond donors (Lipinski definition) is 0. The molecule has 3 aromatic rings. The Balaban J connectivity index is 2.01. The van der Waals surface area contributed by atoms with Crippen molar-refractivity contribution in [1.82, 2.24) is 15.0 Å². The lowest BCUT2D eigenvalue weighted by atomic mass is 10.1. The fraction of sp³-hybridized carbons (Fsp3) is 0. The smallest absolute Gasteiger partial charge is 0.106 e. The monoisotopic (exact) mass is 389 g/mol. The van der Waals surface area contributed by atoms with Crippen LogP contribution in [0.1, 0.15) is 0 Å². The molecule has 3 heterocycles. The average Bonchev–Trinajstić information content (AvgIpc) is 2.49. The Morgan fingerprint density at radius 3 is 1.55 bits per heavy atom. The summed E-state index contributed by atoms with van der Waals surface area (Å²) in [5.74, 6) is 0. The number of rotatable bonds is 2. The molecule has 20 heavy (non-hydrogen) atoms. The molecule has 0 spiro atoms. The van der Waals surface area contributed by atoms with E-state index in [0.29, 0.717) is 0 Å². The third-order valence-electron chi connectivity index (χ3n) is 2.80. The topological polar surface area (TPSA) is 38.7 Å². The van der Waals surface area contributed by atoms with Gasteiger partial charge >= 0.3 is 0 Å². The van der Waals surface area contributed by atoms with Crippen LogP contribution < -0.4 is 0 Å². The minimum atomic E-state index is 0.814. The maximum Gasteiger partial charge on any atom is 0.106 e. The molecule has 5 heteroatoms. The van der Waals surface area contributed by atoms with E-state index in [4.69, 9.17) is 0 Å². The van der Waals surface area contributed by atoms with E-state index < -0.39 is 0 Å². The van der Waals surface area contributed by atoms with Gasteiger partial charge < -0.3 is 0 Å². The molecule has 0 aliphatic rings. The van der Waals surface area contributed by atoms with Gasteiger partial charge in [0.1, 0.15) is 9.21 Å². The van der Waals surface area contributed by atoms with E-state index in [2.05, 4.69) is 46.8 Å². The van der Waals surface area contributed by atoms with Crippen molar-refractivity contribution in [3.63, 3.8) is 0 Å². The van der Waals surface area contributed by atoms with E-state index in [-0.39, 0.29) is 0 Å². The molecule has 0 radical (unpaired) electrons. The summed E-state index contributed by atoms with van der Waals surface area (Å²) in [5.41, 5.74) is 3.76. The molecule has 0 aromatic carbocycles. The average molecular weight is 391 g/mol. The van der Waals surface area contributed by atoms with Crippen LogP contribution in [0.25, 0.3) is 22.5 Å². The minimum Gasteiger partial charge on any atom is -0.249 e. The van der Waals surface area contributed by atoms with Crippen LogP contribution in [0.5, 0.6) is 0 Å². The van der Waals surface area contributed by atoms with E-state index in [9.17, 15) is 0 Å². The van der Waals surface area contributed by atoms with Gasteiger partial charge in [-0.1, -0.05) is 6.07 Å². The zero-order valence-electron chi connectivity index (χ0n) is 10.3. The summed E-state index contributed by atoms with van der Waals surface area (Å²) >= 11 is 6.66. The predicted octanol–water partition coefficient (Wildman–Crippen LogP) is 4.73. The van der Waals surface area contributed by atoms with Gasteiger partial charge in [-0.05, 0) is 68.3 Å². The Morgan fingerprint density at radius 2 is 1.15 bits per heavy atom. The van der Waals surface area contributed by atoms with Crippen molar-refractivity contribution in [2.24, 2.45) is 0 Å². The summed E-state index contributed by atoms with van der Waals surface area (Å²) in [6.45, 7) is 0. The first-order chi connectivity index (χ1) is 9.72. The third-order valence-corrected chi connectivity index (χ3v) is 3.73. The van der Waals surface area contributed by atoms with E-state index >= 15 is 0 Å². The molecule has 0 fully saturated rings. The van der Waals surface area contributed by atoms with Crippen LogP contribution in [0, 0.1) is 0 Å². The highest BCUT2D eigenvalue weighted by Crippen LogP contribution is 2.23. The maximum atomic E-state index is 4.66. The lowest BCUT2D eigenvalue weighted by Crippen LogP contribution is -1.89. The summed E-state index contributed by atoms with van der Waals surface area (Å²) < 4.78 is 1.63. The zero-order valence-corrected chi connectivity index (χ0v) is 13.5. The molecule has 0 aliphatic heterocycles. The van der Waals surface area contributed by atoms with Gasteiger partial charge in [-0.2, -0.15) is 0 Å². The van der Waals surface area contributed by atoms with Gasteiger partial charge in [-0.15, -0.1) is 0 Å². The van der Waals surface area contributed by atoms with Crippen molar-refractivity contribution in [2.75, 3.05) is 0 Å². The SMILES string of the molecule is Brc1ccc(-c2cccc(-c3ccc(Br)nc3)n2)cn1. The maximum absolute atomic E-state index is 4.66. The van der Waals surface area contributed by atoms with Gasteiger partial charge in [0.2, 0.25) is 0 Å². The normalized spacial score (nSPS) is 10.5. The first kappa shape index (κ1) is 13.4.